The van der Waals surface area contributed by atoms with Crippen LogP contribution in [0.4, 0.5) is 5.69 Å². The fourth-order valence-electron chi connectivity index (χ4n) is 4.01. The molecule has 0 unspecified atom stereocenters. The van der Waals surface area contributed by atoms with Crippen molar-refractivity contribution in [1.29, 1.82) is 0 Å². The molecule has 3 amide bonds. The van der Waals surface area contributed by atoms with Gasteiger partial charge >= 0.3 is 0 Å². The first-order chi connectivity index (χ1) is 12.5. The van der Waals surface area contributed by atoms with Crippen LogP contribution in [0.15, 0.2) is 18.2 Å². The second kappa shape index (κ2) is 6.74. The lowest BCUT2D eigenvalue weighted by Crippen LogP contribution is -2.52. The average Bonchev–Trinajstić information content (AvgIpc) is 2.87. The Labute approximate surface area is 153 Å². The van der Waals surface area contributed by atoms with Crippen molar-refractivity contribution in [2.24, 2.45) is 5.92 Å². The van der Waals surface area contributed by atoms with Crippen LogP contribution in [0, 0.1) is 5.92 Å². The minimum atomic E-state index is 0.0933. The number of hydrogen-bond donors (Lipinski definition) is 0. The van der Waals surface area contributed by atoms with E-state index in [0.29, 0.717) is 39.0 Å². The number of hydrogen-bond acceptors (Lipinski definition) is 3. The molecule has 0 atom stereocenters. The predicted molar refractivity (Wildman–Crippen MR) is 97.8 cm³/mol. The van der Waals surface area contributed by atoms with Crippen molar-refractivity contribution in [2.75, 3.05) is 38.1 Å². The summed E-state index contributed by atoms with van der Waals surface area (Å²) in [5.41, 5.74) is 2.89. The average molecular weight is 355 g/mol. The predicted octanol–water partition coefficient (Wildman–Crippen LogP) is 1.22. The quantitative estimate of drug-likeness (QED) is 0.819. The van der Waals surface area contributed by atoms with Crippen molar-refractivity contribution in [1.82, 2.24) is 9.80 Å². The molecule has 0 bridgehead atoms. The molecule has 2 aliphatic heterocycles. The number of nitrogens with zero attached hydrogens (tertiary/aromatic N) is 3. The van der Waals surface area contributed by atoms with E-state index in [4.69, 9.17) is 0 Å². The molecule has 1 aromatic rings. The van der Waals surface area contributed by atoms with Crippen LogP contribution >= 0.6 is 0 Å². The SMILES string of the molecule is CN1C(=O)Cc2cc(CC(=O)N3CCN(C(=O)C4CCC4)CC3)ccc21. The molecule has 3 aliphatic rings. The molecule has 1 saturated heterocycles. The summed E-state index contributed by atoms with van der Waals surface area (Å²) < 4.78 is 0. The first-order valence-corrected chi connectivity index (χ1v) is 9.48. The van der Waals surface area contributed by atoms with Gasteiger partial charge in [0.15, 0.2) is 0 Å². The van der Waals surface area contributed by atoms with Crippen LogP contribution in [0.1, 0.15) is 30.4 Å². The second-order valence-electron chi connectivity index (χ2n) is 7.60. The van der Waals surface area contributed by atoms with Gasteiger partial charge in [-0.15, -0.1) is 0 Å². The zero-order chi connectivity index (χ0) is 18.3. The van der Waals surface area contributed by atoms with Gasteiger partial charge in [0.1, 0.15) is 0 Å². The summed E-state index contributed by atoms with van der Waals surface area (Å²) in [5, 5.41) is 0. The van der Waals surface area contributed by atoms with Gasteiger partial charge in [-0.3, -0.25) is 14.4 Å². The third-order valence-electron chi connectivity index (χ3n) is 5.97. The number of fused-ring (bicyclic) bond motifs is 1. The van der Waals surface area contributed by atoms with Crippen LogP contribution in [-0.2, 0) is 27.2 Å². The van der Waals surface area contributed by atoms with Crippen LogP contribution in [-0.4, -0.2) is 60.7 Å². The van der Waals surface area contributed by atoms with Crippen LogP contribution in [0.3, 0.4) is 0 Å². The monoisotopic (exact) mass is 355 g/mol. The number of carbonyl (C=O) groups excluding carboxylic acids is 3. The lowest BCUT2D eigenvalue weighted by atomic mass is 9.84. The van der Waals surface area contributed by atoms with Crippen molar-refractivity contribution in [3.05, 3.63) is 29.3 Å². The number of amides is 3. The first kappa shape index (κ1) is 17.1. The summed E-state index contributed by atoms with van der Waals surface area (Å²) in [6.45, 7) is 2.52. The van der Waals surface area contributed by atoms with Gasteiger partial charge in [-0.05, 0) is 30.0 Å². The Morgan fingerprint density at radius 2 is 1.77 bits per heavy atom. The van der Waals surface area contributed by atoms with Crippen molar-refractivity contribution >= 4 is 23.4 Å². The molecule has 0 spiro atoms. The fourth-order valence-corrected chi connectivity index (χ4v) is 4.01. The van der Waals surface area contributed by atoms with Gasteiger partial charge < -0.3 is 14.7 Å². The molecular weight excluding hydrogens is 330 g/mol. The van der Waals surface area contributed by atoms with Crippen molar-refractivity contribution in [3.63, 3.8) is 0 Å². The molecule has 4 rings (SSSR count). The molecule has 0 radical (unpaired) electrons. The summed E-state index contributed by atoms with van der Waals surface area (Å²) in [7, 11) is 1.78. The second-order valence-corrected chi connectivity index (χ2v) is 7.60. The van der Waals surface area contributed by atoms with Crippen molar-refractivity contribution in [2.45, 2.75) is 32.1 Å². The van der Waals surface area contributed by atoms with Crippen molar-refractivity contribution < 1.29 is 14.4 Å². The number of rotatable bonds is 3. The van der Waals surface area contributed by atoms with Gasteiger partial charge in [0.25, 0.3) is 0 Å². The minimum Gasteiger partial charge on any atom is -0.339 e. The van der Waals surface area contributed by atoms with E-state index in [0.717, 1.165) is 36.1 Å². The lowest BCUT2D eigenvalue weighted by Gasteiger charge is -2.38. The highest BCUT2D eigenvalue weighted by molar-refractivity contribution is 6.01. The number of carbonyl (C=O) groups is 3. The Kier molecular flexibility index (Phi) is 4.42. The summed E-state index contributed by atoms with van der Waals surface area (Å²) in [5.74, 6) is 0.689. The highest BCUT2D eigenvalue weighted by Gasteiger charge is 2.32. The van der Waals surface area contributed by atoms with Gasteiger partial charge in [-0.2, -0.15) is 0 Å². The van der Waals surface area contributed by atoms with E-state index in [1.807, 2.05) is 28.0 Å². The van der Waals surface area contributed by atoms with E-state index >= 15 is 0 Å². The van der Waals surface area contributed by atoms with Crippen LogP contribution < -0.4 is 4.90 Å². The maximum Gasteiger partial charge on any atom is 0.231 e. The third kappa shape index (κ3) is 3.08. The Bertz CT molecular complexity index is 749. The topological polar surface area (TPSA) is 60.9 Å². The van der Waals surface area contributed by atoms with E-state index in [1.165, 1.54) is 0 Å². The smallest absolute Gasteiger partial charge is 0.231 e. The Balaban J connectivity index is 1.33. The summed E-state index contributed by atoms with van der Waals surface area (Å²) in [6.07, 6.45) is 3.97. The van der Waals surface area contributed by atoms with Gasteiger partial charge in [0.05, 0.1) is 12.8 Å². The summed E-state index contributed by atoms with van der Waals surface area (Å²) in [6, 6.07) is 5.84. The Morgan fingerprint density at radius 3 is 2.42 bits per heavy atom. The fraction of sp³-hybridized carbons (Fsp3) is 0.550. The van der Waals surface area contributed by atoms with Gasteiger partial charge in [0, 0.05) is 44.8 Å². The molecular formula is C20H25N3O3. The molecule has 6 nitrogen and oxygen atoms in total. The molecule has 138 valence electrons. The van der Waals surface area contributed by atoms with E-state index in [-0.39, 0.29) is 23.6 Å². The van der Waals surface area contributed by atoms with Crippen LogP contribution in [0.2, 0.25) is 0 Å². The lowest BCUT2D eigenvalue weighted by molar-refractivity contribution is -0.143. The molecule has 1 aromatic carbocycles. The third-order valence-corrected chi connectivity index (χ3v) is 5.97. The molecule has 26 heavy (non-hydrogen) atoms. The van der Waals surface area contributed by atoms with E-state index < -0.39 is 0 Å². The highest BCUT2D eigenvalue weighted by Crippen LogP contribution is 2.29. The molecule has 2 heterocycles. The number of anilines is 1. The van der Waals surface area contributed by atoms with Crippen LogP contribution in [0.5, 0.6) is 0 Å². The van der Waals surface area contributed by atoms with Crippen LogP contribution in [0.25, 0.3) is 0 Å². The number of likely N-dealkylation sites (N-methyl/N-ethyl adjacent to an activating group) is 1. The summed E-state index contributed by atoms with van der Waals surface area (Å²) in [4.78, 5) is 42.2. The first-order valence-electron chi connectivity index (χ1n) is 9.48. The normalized spacial score (nSPS) is 20.2. The largest absolute Gasteiger partial charge is 0.339 e. The molecule has 6 heteroatoms. The minimum absolute atomic E-state index is 0.0933. The maximum atomic E-state index is 12.6. The number of piperazine rings is 1. The van der Waals surface area contributed by atoms with Gasteiger partial charge in [0.2, 0.25) is 17.7 Å². The van der Waals surface area contributed by atoms with E-state index in [1.54, 1.807) is 11.9 Å². The summed E-state index contributed by atoms with van der Waals surface area (Å²) >= 11 is 0. The zero-order valence-corrected chi connectivity index (χ0v) is 15.2. The molecule has 0 N–H and O–H groups in total. The van der Waals surface area contributed by atoms with Gasteiger partial charge in [-0.1, -0.05) is 18.6 Å². The maximum absolute atomic E-state index is 12.6. The molecule has 0 aromatic heterocycles. The number of benzene rings is 1. The Morgan fingerprint density at radius 1 is 1.08 bits per heavy atom. The standard InChI is InChI=1S/C20H25N3O3/c1-21-17-6-5-14(11-16(17)13-18(21)24)12-19(25)22-7-9-23(10-8-22)20(26)15-3-2-4-15/h5-6,11,15H,2-4,7-10,12-13H2,1H3. The molecule has 1 aliphatic carbocycles. The Hall–Kier alpha value is -2.37. The highest BCUT2D eigenvalue weighted by atomic mass is 16.2. The van der Waals surface area contributed by atoms with E-state index in [2.05, 4.69) is 0 Å². The zero-order valence-electron chi connectivity index (χ0n) is 15.2. The van der Waals surface area contributed by atoms with E-state index in [9.17, 15) is 14.4 Å². The van der Waals surface area contributed by atoms with Gasteiger partial charge in [-0.25, -0.2) is 0 Å². The van der Waals surface area contributed by atoms with Crippen molar-refractivity contribution in [3.8, 4) is 0 Å². The molecule has 1 saturated carbocycles. The molecule has 2 fully saturated rings.